The third-order valence-electron chi connectivity index (χ3n) is 6.57. The number of aromatic nitrogens is 3. The summed E-state index contributed by atoms with van der Waals surface area (Å²) >= 11 is 12.2. The van der Waals surface area contributed by atoms with Gasteiger partial charge in [-0.1, -0.05) is 47.5 Å². The molecule has 2 heterocycles. The number of nitrogens with zero attached hydrogens (tertiary/aromatic N) is 3. The van der Waals surface area contributed by atoms with E-state index in [2.05, 4.69) is 26.0 Å². The van der Waals surface area contributed by atoms with E-state index in [-0.39, 0.29) is 39.6 Å². The van der Waals surface area contributed by atoms with Crippen LogP contribution in [0, 0.1) is 12.7 Å². The largest absolute Gasteiger partial charge is 0.349 e. The third-order valence-corrected chi connectivity index (χ3v) is 7.14. The molecule has 0 aliphatic heterocycles. The number of pyridine rings is 1. The van der Waals surface area contributed by atoms with Gasteiger partial charge < -0.3 is 16.0 Å². The highest BCUT2D eigenvalue weighted by Crippen LogP contribution is 2.33. The van der Waals surface area contributed by atoms with Gasteiger partial charge in [0.1, 0.15) is 11.5 Å². The summed E-state index contributed by atoms with van der Waals surface area (Å²) in [6, 6.07) is 10.9. The van der Waals surface area contributed by atoms with Crippen molar-refractivity contribution in [3.8, 4) is 22.4 Å². The molecule has 2 aromatic carbocycles. The maximum absolute atomic E-state index is 15.7. The molecule has 0 spiro atoms. The average molecular weight is 595 g/mol. The van der Waals surface area contributed by atoms with E-state index in [0.717, 1.165) is 12.8 Å². The van der Waals surface area contributed by atoms with E-state index in [4.69, 9.17) is 23.2 Å². The minimum atomic E-state index is -0.746. The Bertz CT molecular complexity index is 1720. The second-order valence-electron chi connectivity index (χ2n) is 9.57. The molecule has 210 valence electrons. The Kier molecular flexibility index (Phi) is 8.05. The Morgan fingerprint density at radius 1 is 1.05 bits per heavy atom. The molecule has 0 atom stereocenters. The van der Waals surface area contributed by atoms with Crippen molar-refractivity contribution in [2.75, 3.05) is 10.6 Å². The van der Waals surface area contributed by atoms with Gasteiger partial charge in [-0.2, -0.15) is 5.10 Å². The molecule has 0 radical (unpaired) electrons. The lowest BCUT2D eigenvalue weighted by Gasteiger charge is -2.14. The van der Waals surface area contributed by atoms with Gasteiger partial charge in [0.25, 0.3) is 11.5 Å². The molecule has 1 saturated carbocycles. The Morgan fingerprint density at radius 3 is 2.44 bits per heavy atom. The second kappa shape index (κ2) is 11.7. The van der Waals surface area contributed by atoms with Gasteiger partial charge in [0.05, 0.1) is 27.0 Å². The Hall–Kier alpha value is -4.28. The lowest BCUT2D eigenvalue weighted by atomic mass is 9.95. The summed E-state index contributed by atoms with van der Waals surface area (Å²) in [5.41, 5.74) is 1.97. The summed E-state index contributed by atoms with van der Waals surface area (Å²) in [5, 5.41) is 12.6. The lowest BCUT2D eigenvalue weighted by molar-refractivity contribution is 0.0947. The zero-order valence-electron chi connectivity index (χ0n) is 22.1. The van der Waals surface area contributed by atoms with E-state index >= 15 is 4.39 Å². The smallest absolute Gasteiger partial charge is 0.323 e. The topological polar surface area (TPSA) is 118 Å². The van der Waals surface area contributed by atoms with Gasteiger partial charge in [0, 0.05) is 36.1 Å². The molecular weight excluding hydrogens is 570 g/mol. The zero-order valence-corrected chi connectivity index (χ0v) is 23.6. The quantitative estimate of drug-likeness (QED) is 0.232. The minimum absolute atomic E-state index is 0.0209. The summed E-state index contributed by atoms with van der Waals surface area (Å²) < 4.78 is 16.9. The maximum Gasteiger partial charge on any atom is 0.323 e. The van der Waals surface area contributed by atoms with E-state index in [1.807, 2.05) is 0 Å². The van der Waals surface area contributed by atoms with Crippen LogP contribution >= 0.6 is 23.2 Å². The number of hydrogen-bond donors (Lipinski definition) is 3. The van der Waals surface area contributed by atoms with Crippen LogP contribution in [0.4, 0.5) is 20.6 Å². The van der Waals surface area contributed by atoms with Crippen LogP contribution in [0.2, 0.25) is 10.0 Å². The molecule has 2 aromatic heterocycles. The van der Waals surface area contributed by atoms with Crippen molar-refractivity contribution >= 4 is 46.5 Å². The highest BCUT2D eigenvalue weighted by molar-refractivity contribution is 6.39. The van der Waals surface area contributed by atoms with Crippen LogP contribution in [0.3, 0.4) is 0 Å². The number of urea groups is 1. The Balaban J connectivity index is 1.49. The van der Waals surface area contributed by atoms with Crippen LogP contribution in [-0.2, 0) is 6.54 Å². The fourth-order valence-electron chi connectivity index (χ4n) is 4.31. The molecule has 1 aliphatic rings. The number of benzene rings is 2. The average Bonchev–Trinajstić information content (AvgIpc) is 3.76. The third kappa shape index (κ3) is 6.08. The van der Waals surface area contributed by atoms with E-state index < -0.39 is 23.3 Å². The number of halogens is 3. The molecule has 3 N–H and O–H groups in total. The molecule has 9 nitrogen and oxygen atoms in total. The van der Waals surface area contributed by atoms with Crippen molar-refractivity contribution in [2.24, 2.45) is 0 Å². The second-order valence-corrected chi connectivity index (χ2v) is 10.4. The number of nitrogens with one attached hydrogen (secondary N) is 3. The van der Waals surface area contributed by atoms with Crippen LogP contribution in [0.25, 0.3) is 22.4 Å². The summed E-state index contributed by atoms with van der Waals surface area (Å²) in [4.78, 5) is 42.2. The van der Waals surface area contributed by atoms with Gasteiger partial charge in [-0.15, -0.1) is 0 Å². The molecular formula is C29H25Cl2FN6O3. The minimum Gasteiger partial charge on any atom is -0.349 e. The number of amides is 3. The molecule has 1 aliphatic carbocycles. The van der Waals surface area contributed by atoms with Gasteiger partial charge >= 0.3 is 6.03 Å². The van der Waals surface area contributed by atoms with Crippen LogP contribution < -0.4 is 21.5 Å². The molecule has 4 aromatic rings. The lowest BCUT2D eigenvalue weighted by Crippen LogP contribution is -2.29. The SMILES string of the molecule is CCn1nc(-c2cccc(-c3c(C)ccc(C(=O)NC4CC4)c3F)c2)cc(NC(=O)Nc2c(Cl)cncc2Cl)c1=O. The monoisotopic (exact) mass is 594 g/mol. The molecule has 41 heavy (non-hydrogen) atoms. The molecule has 0 bridgehead atoms. The Labute approximate surface area is 244 Å². The van der Waals surface area contributed by atoms with Gasteiger partial charge in [-0.3, -0.25) is 14.6 Å². The first kappa shape index (κ1) is 28.3. The van der Waals surface area contributed by atoms with Crippen LogP contribution in [0.5, 0.6) is 0 Å². The van der Waals surface area contributed by atoms with E-state index in [9.17, 15) is 14.4 Å². The molecule has 3 amide bonds. The number of anilines is 2. The number of carbonyl (C=O) groups excluding carboxylic acids is 2. The van der Waals surface area contributed by atoms with Gasteiger partial charge in [0.15, 0.2) is 0 Å². The molecule has 5 rings (SSSR count). The van der Waals surface area contributed by atoms with Crippen LogP contribution in [-0.4, -0.2) is 32.7 Å². The van der Waals surface area contributed by atoms with Gasteiger partial charge in [-0.05, 0) is 56.0 Å². The number of aryl methyl sites for hydroxylation is 2. The highest BCUT2D eigenvalue weighted by atomic mass is 35.5. The predicted octanol–water partition coefficient (Wildman–Crippen LogP) is 6.28. The number of carbonyl (C=O) groups is 2. The van der Waals surface area contributed by atoms with Crippen LogP contribution in [0.1, 0.15) is 35.7 Å². The fourth-order valence-corrected chi connectivity index (χ4v) is 4.77. The van der Waals surface area contributed by atoms with Gasteiger partial charge in [-0.25, -0.2) is 13.9 Å². The first-order valence-corrected chi connectivity index (χ1v) is 13.6. The summed E-state index contributed by atoms with van der Waals surface area (Å²) in [6.07, 6.45) is 4.43. The summed E-state index contributed by atoms with van der Waals surface area (Å²) in [7, 11) is 0. The van der Waals surface area contributed by atoms with E-state index in [1.165, 1.54) is 29.2 Å². The predicted molar refractivity (Wildman–Crippen MR) is 157 cm³/mol. The highest BCUT2D eigenvalue weighted by Gasteiger charge is 2.26. The first-order valence-electron chi connectivity index (χ1n) is 12.9. The number of hydrogen-bond acceptors (Lipinski definition) is 5. The van der Waals surface area contributed by atoms with E-state index in [0.29, 0.717) is 27.9 Å². The fraction of sp³-hybridized carbons (Fsp3) is 0.207. The van der Waals surface area contributed by atoms with E-state index in [1.54, 1.807) is 44.2 Å². The zero-order chi connectivity index (χ0) is 29.3. The molecule has 12 heteroatoms. The summed E-state index contributed by atoms with van der Waals surface area (Å²) in [6.45, 7) is 3.74. The summed E-state index contributed by atoms with van der Waals surface area (Å²) in [5.74, 6) is -1.05. The van der Waals surface area contributed by atoms with Crippen molar-refractivity contribution in [1.82, 2.24) is 20.1 Å². The van der Waals surface area contributed by atoms with Crippen molar-refractivity contribution in [3.05, 3.63) is 92.2 Å². The van der Waals surface area contributed by atoms with Crippen molar-refractivity contribution in [2.45, 2.75) is 39.3 Å². The Morgan fingerprint density at radius 2 is 1.76 bits per heavy atom. The maximum atomic E-state index is 15.7. The van der Waals surface area contributed by atoms with Gasteiger partial charge in [0.2, 0.25) is 0 Å². The molecule has 1 fully saturated rings. The molecule has 0 unspecified atom stereocenters. The van der Waals surface area contributed by atoms with Crippen molar-refractivity contribution in [1.29, 1.82) is 0 Å². The molecule has 0 saturated heterocycles. The van der Waals surface area contributed by atoms with Crippen LogP contribution in [0.15, 0.2) is 59.7 Å². The standard InChI is InChI=1S/C29H25Cl2FN6O3/c1-3-38-28(40)23(35-29(41)36-26-20(30)13-33-14-21(26)31)12-22(37-38)16-5-4-6-17(11-16)24-15(2)7-10-19(25(24)32)27(39)34-18-8-9-18/h4-7,10-14,18H,3,8-9H2,1-2H3,(H,34,39)(H2,33,35,36,41). The number of rotatable bonds is 7. The first-order chi connectivity index (χ1) is 19.7. The van der Waals surface area contributed by atoms with Crippen molar-refractivity contribution in [3.63, 3.8) is 0 Å². The van der Waals surface area contributed by atoms with Crippen molar-refractivity contribution < 1.29 is 14.0 Å². The normalized spacial score (nSPS) is 12.6.